The summed E-state index contributed by atoms with van der Waals surface area (Å²) in [6.45, 7) is 8.11. The van der Waals surface area contributed by atoms with E-state index in [9.17, 15) is 0 Å². The predicted molar refractivity (Wildman–Crippen MR) is 135 cm³/mol. The number of nitrogens with zero attached hydrogens (tertiary/aromatic N) is 2. The minimum atomic E-state index is -0.000702. The molecule has 1 fully saturated rings. The van der Waals surface area contributed by atoms with Gasteiger partial charge < -0.3 is 20.1 Å². The van der Waals surface area contributed by atoms with Gasteiger partial charge in [0.1, 0.15) is 5.75 Å². The fourth-order valence-electron chi connectivity index (χ4n) is 3.62. The predicted octanol–water partition coefficient (Wildman–Crippen LogP) is 3.92. The first-order chi connectivity index (χ1) is 14.1. The Morgan fingerprint density at radius 3 is 2.57 bits per heavy atom. The number of rotatable bonds is 8. The SMILES string of the molecule is CCNC(=NCC1(c2ccc(OC)cc2)CCOCC1)NCCc1ncc(C)s1.I. The molecule has 3 rings (SSSR count). The van der Waals surface area contributed by atoms with Gasteiger partial charge in [-0.1, -0.05) is 12.1 Å². The van der Waals surface area contributed by atoms with Crippen LogP contribution in [-0.2, 0) is 16.6 Å². The van der Waals surface area contributed by atoms with E-state index in [-0.39, 0.29) is 29.4 Å². The van der Waals surface area contributed by atoms with Crippen LogP contribution >= 0.6 is 35.3 Å². The third-order valence-corrected chi connectivity index (χ3v) is 6.31. The van der Waals surface area contributed by atoms with Crippen LogP contribution in [0.2, 0.25) is 0 Å². The van der Waals surface area contributed by atoms with Crippen molar-refractivity contribution in [2.24, 2.45) is 4.99 Å². The molecular weight excluding hydrogens is 511 g/mol. The summed E-state index contributed by atoms with van der Waals surface area (Å²) in [5.41, 5.74) is 1.30. The summed E-state index contributed by atoms with van der Waals surface area (Å²) in [7, 11) is 1.70. The van der Waals surface area contributed by atoms with E-state index >= 15 is 0 Å². The molecule has 2 heterocycles. The number of thiazole rings is 1. The Morgan fingerprint density at radius 2 is 1.97 bits per heavy atom. The number of aryl methyl sites for hydroxylation is 1. The van der Waals surface area contributed by atoms with Crippen LogP contribution < -0.4 is 15.4 Å². The quantitative estimate of drug-likeness (QED) is 0.300. The Kier molecular flexibility index (Phi) is 10.3. The first-order valence-electron chi connectivity index (χ1n) is 10.3. The molecule has 1 aromatic carbocycles. The molecule has 0 bridgehead atoms. The molecule has 0 radical (unpaired) electrons. The highest BCUT2D eigenvalue weighted by atomic mass is 127. The van der Waals surface area contributed by atoms with E-state index in [1.54, 1.807) is 18.4 Å². The van der Waals surface area contributed by atoms with Gasteiger partial charge >= 0.3 is 0 Å². The normalized spacial score (nSPS) is 15.9. The number of ether oxygens (including phenoxy) is 2. The number of nitrogens with one attached hydrogen (secondary N) is 2. The molecule has 0 atom stereocenters. The monoisotopic (exact) mass is 544 g/mol. The van der Waals surface area contributed by atoms with Crippen LogP contribution in [-0.4, -0.2) is 50.9 Å². The molecule has 1 aliphatic heterocycles. The van der Waals surface area contributed by atoms with Crippen molar-refractivity contribution in [3.05, 3.63) is 45.9 Å². The number of aliphatic imine (C=N–C) groups is 1. The molecule has 1 aliphatic rings. The molecule has 2 aromatic rings. The summed E-state index contributed by atoms with van der Waals surface area (Å²) < 4.78 is 11.0. The summed E-state index contributed by atoms with van der Waals surface area (Å²) in [4.78, 5) is 10.6. The largest absolute Gasteiger partial charge is 0.497 e. The molecule has 0 aliphatic carbocycles. The third kappa shape index (κ3) is 6.81. The Morgan fingerprint density at radius 1 is 1.23 bits per heavy atom. The lowest BCUT2D eigenvalue weighted by molar-refractivity contribution is 0.0531. The van der Waals surface area contributed by atoms with Gasteiger partial charge in [-0.25, -0.2) is 4.98 Å². The number of methoxy groups -OCH3 is 1. The molecule has 0 unspecified atom stereocenters. The maximum Gasteiger partial charge on any atom is 0.191 e. The topological polar surface area (TPSA) is 67.8 Å². The fourth-order valence-corrected chi connectivity index (χ4v) is 4.41. The zero-order valence-electron chi connectivity index (χ0n) is 18.1. The van der Waals surface area contributed by atoms with Crippen LogP contribution in [0.4, 0.5) is 0 Å². The highest BCUT2D eigenvalue weighted by Gasteiger charge is 2.34. The molecule has 1 aromatic heterocycles. The number of aromatic nitrogens is 1. The standard InChI is InChI=1S/C22H32N4O2S.HI/c1-4-23-21(24-12-9-20-25-15-17(2)29-20)26-16-22(10-13-28-14-11-22)18-5-7-19(27-3)8-6-18;/h5-8,15H,4,9-14,16H2,1-3H3,(H2,23,24,26);1H. The first-order valence-corrected chi connectivity index (χ1v) is 11.1. The van der Waals surface area contributed by atoms with Gasteiger partial charge in [-0.2, -0.15) is 0 Å². The van der Waals surface area contributed by atoms with Crippen molar-refractivity contribution in [3.63, 3.8) is 0 Å². The zero-order chi connectivity index (χ0) is 20.5. The van der Waals surface area contributed by atoms with Gasteiger partial charge in [-0.05, 0) is 44.4 Å². The highest BCUT2D eigenvalue weighted by molar-refractivity contribution is 14.0. The molecular formula is C22H33IN4O2S. The summed E-state index contributed by atoms with van der Waals surface area (Å²) in [6, 6.07) is 8.42. The van der Waals surface area contributed by atoms with E-state index < -0.39 is 0 Å². The van der Waals surface area contributed by atoms with Gasteiger partial charge in [-0.3, -0.25) is 4.99 Å². The lowest BCUT2D eigenvalue weighted by Gasteiger charge is -2.36. The van der Waals surface area contributed by atoms with Crippen LogP contribution in [0.15, 0.2) is 35.5 Å². The van der Waals surface area contributed by atoms with Gasteiger partial charge in [0, 0.05) is 49.2 Å². The third-order valence-electron chi connectivity index (χ3n) is 5.34. The van der Waals surface area contributed by atoms with E-state index in [1.807, 2.05) is 18.3 Å². The molecule has 166 valence electrons. The number of guanidine groups is 1. The van der Waals surface area contributed by atoms with E-state index in [0.717, 1.165) is 68.8 Å². The zero-order valence-corrected chi connectivity index (χ0v) is 21.2. The number of hydrogen-bond donors (Lipinski definition) is 2. The molecule has 0 spiro atoms. The van der Waals surface area contributed by atoms with Crippen LogP contribution in [0.1, 0.15) is 35.2 Å². The minimum Gasteiger partial charge on any atom is -0.497 e. The average molecular weight is 545 g/mol. The lowest BCUT2D eigenvalue weighted by Crippen LogP contribution is -2.41. The summed E-state index contributed by atoms with van der Waals surface area (Å²) in [5.74, 6) is 1.74. The number of benzene rings is 1. The van der Waals surface area contributed by atoms with E-state index in [0.29, 0.717) is 0 Å². The maximum absolute atomic E-state index is 5.65. The summed E-state index contributed by atoms with van der Waals surface area (Å²) in [5, 5.41) is 7.99. The minimum absolute atomic E-state index is 0. The smallest absolute Gasteiger partial charge is 0.191 e. The molecule has 2 N–H and O–H groups in total. The van der Waals surface area contributed by atoms with E-state index in [4.69, 9.17) is 14.5 Å². The Bertz CT molecular complexity index is 789. The van der Waals surface area contributed by atoms with Crippen molar-refractivity contribution in [1.82, 2.24) is 15.6 Å². The Hall–Kier alpha value is -1.39. The Labute approximate surface area is 200 Å². The van der Waals surface area contributed by atoms with E-state index in [2.05, 4.69) is 41.6 Å². The molecule has 6 nitrogen and oxygen atoms in total. The molecule has 8 heteroatoms. The average Bonchev–Trinajstić information content (AvgIpc) is 3.17. The molecule has 1 saturated heterocycles. The lowest BCUT2D eigenvalue weighted by atomic mass is 9.74. The number of hydrogen-bond acceptors (Lipinski definition) is 5. The van der Waals surface area contributed by atoms with Crippen molar-refractivity contribution in [2.45, 2.75) is 38.5 Å². The van der Waals surface area contributed by atoms with Crippen LogP contribution in [0.25, 0.3) is 0 Å². The van der Waals surface area contributed by atoms with Gasteiger partial charge in [-0.15, -0.1) is 35.3 Å². The van der Waals surface area contributed by atoms with Crippen molar-refractivity contribution in [2.75, 3.05) is 40.0 Å². The molecule has 0 amide bonds. The highest BCUT2D eigenvalue weighted by Crippen LogP contribution is 2.36. The van der Waals surface area contributed by atoms with Gasteiger partial charge in [0.05, 0.1) is 18.7 Å². The summed E-state index contributed by atoms with van der Waals surface area (Å²) in [6.07, 6.45) is 4.78. The second kappa shape index (κ2) is 12.5. The first kappa shape index (κ1) is 24.9. The molecule has 0 saturated carbocycles. The Balaban J connectivity index is 0.00000320. The van der Waals surface area contributed by atoms with Crippen LogP contribution in [0, 0.1) is 6.92 Å². The van der Waals surface area contributed by atoms with Crippen molar-refractivity contribution in [1.29, 1.82) is 0 Å². The van der Waals surface area contributed by atoms with E-state index in [1.165, 1.54) is 10.4 Å². The maximum atomic E-state index is 5.65. The summed E-state index contributed by atoms with van der Waals surface area (Å²) >= 11 is 1.75. The van der Waals surface area contributed by atoms with Gasteiger partial charge in [0.15, 0.2) is 5.96 Å². The second-order valence-electron chi connectivity index (χ2n) is 7.36. The van der Waals surface area contributed by atoms with Crippen molar-refractivity contribution >= 4 is 41.3 Å². The fraction of sp³-hybridized carbons (Fsp3) is 0.545. The van der Waals surface area contributed by atoms with Crippen molar-refractivity contribution in [3.8, 4) is 5.75 Å². The van der Waals surface area contributed by atoms with Gasteiger partial charge in [0.2, 0.25) is 0 Å². The molecule has 30 heavy (non-hydrogen) atoms. The van der Waals surface area contributed by atoms with Gasteiger partial charge in [0.25, 0.3) is 0 Å². The second-order valence-corrected chi connectivity index (χ2v) is 8.68. The van der Waals surface area contributed by atoms with Crippen molar-refractivity contribution < 1.29 is 9.47 Å². The van der Waals surface area contributed by atoms with Crippen LogP contribution in [0.5, 0.6) is 5.75 Å². The number of halogens is 1. The van der Waals surface area contributed by atoms with Crippen LogP contribution in [0.3, 0.4) is 0 Å².